The average molecular weight is 384 g/mol. The Morgan fingerprint density at radius 1 is 0.654 bits per heavy atom. The van der Waals surface area contributed by atoms with E-state index in [-0.39, 0.29) is 11.6 Å². The summed E-state index contributed by atoms with van der Waals surface area (Å²) in [5, 5.41) is 1.76. The molecule has 6 heteroatoms. The largest absolute Gasteiger partial charge is 0.253 e. The molecule has 0 saturated carbocycles. The van der Waals surface area contributed by atoms with E-state index < -0.39 is 0 Å². The monoisotopic (exact) mass is 384 g/mol. The minimum atomic E-state index is -0.333. The first-order valence-electron chi connectivity index (χ1n) is 7.98. The van der Waals surface area contributed by atoms with Crippen LogP contribution in [0, 0.1) is 25.5 Å². The highest BCUT2D eigenvalue weighted by Gasteiger charge is 2.11. The fourth-order valence-electron chi connectivity index (χ4n) is 2.77. The van der Waals surface area contributed by atoms with Crippen LogP contribution in [0.3, 0.4) is 0 Å². The van der Waals surface area contributed by atoms with Gasteiger partial charge in [-0.3, -0.25) is 9.97 Å². The minimum absolute atomic E-state index is 0.333. The number of hydrogen-bond acceptors (Lipinski definition) is 4. The molecule has 2 heterocycles. The van der Waals surface area contributed by atoms with Crippen molar-refractivity contribution in [3.8, 4) is 0 Å². The second-order valence-corrected chi connectivity index (χ2v) is 8.23. The molecule has 130 valence electrons. The molecule has 4 aromatic rings. The Morgan fingerprint density at radius 3 is 1.50 bits per heavy atom. The molecule has 2 aromatic heterocycles. The lowest BCUT2D eigenvalue weighted by atomic mass is 10.2. The molecule has 0 amide bonds. The Morgan fingerprint density at radius 2 is 1.08 bits per heavy atom. The predicted octanol–water partition coefficient (Wildman–Crippen LogP) is 6.48. The standard InChI is InChI=1S/C20H14F2N2S2/c1-11-3-5-15-17(23-11)7-13(21)9-19(15)25-26-20-10-14(22)8-18-16(20)6-4-12(2)24-18/h3-10H,1-2H3. The number of fused-ring (bicyclic) bond motifs is 2. The topological polar surface area (TPSA) is 25.8 Å². The van der Waals surface area contributed by atoms with Gasteiger partial charge in [0.1, 0.15) is 11.6 Å². The van der Waals surface area contributed by atoms with Gasteiger partial charge in [0.15, 0.2) is 0 Å². The van der Waals surface area contributed by atoms with Crippen LogP contribution in [0.4, 0.5) is 8.78 Å². The normalized spacial score (nSPS) is 11.4. The molecule has 0 saturated heterocycles. The molecular formula is C20H14F2N2S2. The van der Waals surface area contributed by atoms with Crippen molar-refractivity contribution in [2.24, 2.45) is 0 Å². The summed E-state index contributed by atoms with van der Waals surface area (Å²) in [6.07, 6.45) is 0. The Bertz CT molecular complexity index is 1040. The summed E-state index contributed by atoms with van der Waals surface area (Å²) in [5.41, 5.74) is 2.91. The second-order valence-electron chi connectivity index (χ2n) is 6.01. The van der Waals surface area contributed by atoms with Crippen molar-refractivity contribution in [2.75, 3.05) is 0 Å². The van der Waals surface area contributed by atoms with Crippen LogP contribution in [-0.2, 0) is 0 Å². The molecule has 0 aliphatic heterocycles. The van der Waals surface area contributed by atoms with Crippen LogP contribution in [-0.4, -0.2) is 9.97 Å². The Hall–Kier alpha value is -2.18. The lowest BCUT2D eigenvalue weighted by Gasteiger charge is -2.09. The first kappa shape index (κ1) is 17.2. The summed E-state index contributed by atoms with van der Waals surface area (Å²) in [7, 11) is 2.79. The van der Waals surface area contributed by atoms with Gasteiger partial charge in [-0.15, -0.1) is 0 Å². The van der Waals surface area contributed by atoms with Crippen molar-refractivity contribution in [1.82, 2.24) is 9.97 Å². The fourth-order valence-corrected chi connectivity index (χ4v) is 5.16. The van der Waals surface area contributed by atoms with Crippen LogP contribution in [0.15, 0.2) is 58.3 Å². The van der Waals surface area contributed by atoms with E-state index in [1.165, 1.54) is 45.9 Å². The van der Waals surface area contributed by atoms with Gasteiger partial charge in [-0.05, 0) is 50.2 Å². The number of pyridine rings is 2. The summed E-state index contributed by atoms with van der Waals surface area (Å²) < 4.78 is 28.0. The molecule has 2 nitrogen and oxygen atoms in total. The molecule has 0 spiro atoms. The van der Waals surface area contributed by atoms with Crippen LogP contribution >= 0.6 is 21.6 Å². The zero-order valence-electron chi connectivity index (χ0n) is 14.1. The Labute approximate surface area is 157 Å². The first-order chi connectivity index (χ1) is 12.5. The summed E-state index contributed by atoms with van der Waals surface area (Å²) in [4.78, 5) is 10.3. The van der Waals surface area contributed by atoms with E-state index in [4.69, 9.17) is 0 Å². The predicted molar refractivity (Wildman–Crippen MR) is 105 cm³/mol. The molecule has 0 aliphatic rings. The first-order valence-corrected chi connectivity index (χ1v) is 10.1. The van der Waals surface area contributed by atoms with Crippen molar-refractivity contribution in [2.45, 2.75) is 23.6 Å². The van der Waals surface area contributed by atoms with E-state index >= 15 is 0 Å². The molecule has 0 unspecified atom stereocenters. The van der Waals surface area contributed by atoms with Crippen molar-refractivity contribution in [3.05, 3.63) is 71.6 Å². The van der Waals surface area contributed by atoms with Crippen molar-refractivity contribution < 1.29 is 8.78 Å². The van der Waals surface area contributed by atoms with Gasteiger partial charge in [-0.2, -0.15) is 0 Å². The zero-order chi connectivity index (χ0) is 18.3. The molecule has 26 heavy (non-hydrogen) atoms. The third-order valence-corrected chi connectivity index (χ3v) is 6.41. The Balaban J connectivity index is 1.74. The van der Waals surface area contributed by atoms with Crippen molar-refractivity contribution in [3.63, 3.8) is 0 Å². The molecule has 0 fully saturated rings. The number of nitrogens with zero attached hydrogens (tertiary/aromatic N) is 2. The molecule has 0 bridgehead atoms. The lowest BCUT2D eigenvalue weighted by Crippen LogP contribution is -1.88. The second kappa shape index (κ2) is 6.85. The number of aryl methyl sites for hydroxylation is 2. The molecule has 4 rings (SSSR count). The fraction of sp³-hybridized carbons (Fsp3) is 0.100. The van der Waals surface area contributed by atoms with E-state index in [2.05, 4.69) is 9.97 Å². The number of aromatic nitrogens is 2. The summed E-state index contributed by atoms with van der Waals surface area (Å²) in [6.45, 7) is 3.75. The van der Waals surface area contributed by atoms with Gasteiger partial charge >= 0.3 is 0 Å². The van der Waals surface area contributed by atoms with Gasteiger partial charge < -0.3 is 0 Å². The Kier molecular flexibility index (Phi) is 4.54. The summed E-state index contributed by atoms with van der Waals surface area (Å²) in [5.74, 6) is -0.666. The molecule has 0 radical (unpaired) electrons. The van der Waals surface area contributed by atoms with Gasteiger partial charge in [0, 0.05) is 44.1 Å². The minimum Gasteiger partial charge on any atom is -0.253 e. The molecule has 0 N–H and O–H groups in total. The van der Waals surface area contributed by atoms with E-state index in [1.807, 2.05) is 38.1 Å². The van der Waals surface area contributed by atoms with Crippen molar-refractivity contribution >= 4 is 43.4 Å². The number of benzene rings is 2. The summed E-state index contributed by atoms with van der Waals surface area (Å²) in [6, 6.07) is 13.5. The van der Waals surface area contributed by atoms with E-state index in [9.17, 15) is 8.78 Å². The van der Waals surface area contributed by atoms with Crippen LogP contribution < -0.4 is 0 Å². The maximum Gasteiger partial charge on any atom is 0.126 e. The number of hydrogen-bond donors (Lipinski definition) is 0. The number of halogens is 2. The molecular weight excluding hydrogens is 370 g/mol. The summed E-state index contributed by atoms with van der Waals surface area (Å²) >= 11 is 0. The maximum atomic E-state index is 14.0. The van der Waals surface area contributed by atoms with Crippen LogP contribution in [0.25, 0.3) is 21.8 Å². The van der Waals surface area contributed by atoms with Gasteiger partial charge in [-0.25, -0.2) is 8.78 Å². The van der Waals surface area contributed by atoms with Crippen LogP contribution in [0.2, 0.25) is 0 Å². The zero-order valence-corrected chi connectivity index (χ0v) is 15.7. The highest BCUT2D eigenvalue weighted by molar-refractivity contribution is 8.76. The SMILES string of the molecule is Cc1ccc2c(SSc3cc(F)cc4nc(C)ccc34)cc(F)cc2n1. The van der Waals surface area contributed by atoms with E-state index in [1.54, 1.807) is 0 Å². The molecule has 2 aromatic carbocycles. The van der Waals surface area contributed by atoms with Gasteiger partial charge in [0.2, 0.25) is 0 Å². The molecule has 0 aliphatic carbocycles. The van der Waals surface area contributed by atoms with Crippen LogP contribution in [0.5, 0.6) is 0 Å². The highest BCUT2D eigenvalue weighted by atomic mass is 33.1. The third kappa shape index (κ3) is 3.39. The number of rotatable bonds is 3. The van der Waals surface area contributed by atoms with Crippen molar-refractivity contribution in [1.29, 1.82) is 0 Å². The van der Waals surface area contributed by atoms with E-state index in [0.717, 1.165) is 32.0 Å². The quantitative estimate of drug-likeness (QED) is 0.378. The highest BCUT2D eigenvalue weighted by Crippen LogP contribution is 2.43. The third-order valence-electron chi connectivity index (χ3n) is 3.97. The maximum absolute atomic E-state index is 14.0. The lowest BCUT2D eigenvalue weighted by molar-refractivity contribution is 0.625. The van der Waals surface area contributed by atoms with Crippen LogP contribution in [0.1, 0.15) is 11.4 Å². The molecule has 0 atom stereocenters. The van der Waals surface area contributed by atoms with Gasteiger partial charge in [0.25, 0.3) is 0 Å². The van der Waals surface area contributed by atoms with Gasteiger partial charge in [0.05, 0.1) is 11.0 Å². The van der Waals surface area contributed by atoms with E-state index in [0.29, 0.717) is 11.0 Å². The average Bonchev–Trinajstić information content (AvgIpc) is 2.58. The van der Waals surface area contributed by atoms with Gasteiger partial charge in [-0.1, -0.05) is 21.6 Å². The smallest absolute Gasteiger partial charge is 0.126 e.